The molecule has 1 heterocycles. The van der Waals surface area contributed by atoms with Gasteiger partial charge in [0.05, 0.1) is 14.8 Å². The van der Waals surface area contributed by atoms with Gasteiger partial charge in [0, 0.05) is 12.3 Å². The lowest BCUT2D eigenvalue weighted by Gasteiger charge is -2.08. The fourth-order valence-electron chi connectivity index (χ4n) is 1.58. The summed E-state index contributed by atoms with van der Waals surface area (Å²) >= 11 is 16.9. The van der Waals surface area contributed by atoms with Crippen LogP contribution in [0.15, 0.2) is 40.2 Å². The van der Waals surface area contributed by atoms with Crippen molar-refractivity contribution in [1.82, 2.24) is 3.97 Å². The van der Waals surface area contributed by atoms with Crippen LogP contribution in [-0.2, 0) is 10.0 Å². The molecule has 0 radical (unpaired) electrons. The summed E-state index contributed by atoms with van der Waals surface area (Å²) in [6, 6.07) is 3.91. The average molecular weight is 384 g/mol. The number of nitro benzene ring substituents is 1. The Balaban J connectivity index is 2.74. The van der Waals surface area contributed by atoms with E-state index in [1.807, 2.05) is 0 Å². The smallest absolute Gasteiger partial charge is 0.267 e. The third-order valence-electron chi connectivity index (χ3n) is 2.58. The third-order valence-corrected chi connectivity index (χ3v) is 5.02. The van der Waals surface area contributed by atoms with E-state index in [9.17, 15) is 23.3 Å². The molecule has 0 N–H and O–H groups in total. The maximum Gasteiger partial charge on any atom is 0.289 e. The molecule has 0 fully saturated rings. The topological polar surface area (TPSA) is 99.3 Å². The van der Waals surface area contributed by atoms with Crippen LogP contribution >= 0.6 is 34.8 Å². The van der Waals surface area contributed by atoms with Crippen molar-refractivity contribution < 1.29 is 13.3 Å². The average Bonchev–Trinajstić information content (AvgIpc) is 2.42. The second-order valence-corrected chi connectivity index (χ2v) is 7.05. The Morgan fingerprint density at radius 2 is 1.73 bits per heavy atom. The van der Waals surface area contributed by atoms with E-state index in [1.165, 1.54) is 0 Å². The van der Waals surface area contributed by atoms with Crippen molar-refractivity contribution in [2.24, 2.45) is 0 Å². The van der Waals surface area contributed by atoms with Gasteiger partial charge in [0.2, 0.25) is 0 Å². The van der Waals surface area contributed by atoms with Crippen LogP contribution in [-0.4, -0.2) is 17.3 Å². The summed E-state index contributed by atoms with van der Waals surface area (Å²) in [5.74, 6) is 0. The zero-order chi connectivity index (χ0) is 16.7. The molecular weight excluding hydrogens is 379 g/mol. The Hall–Kier alpha value is -1.61. The Morgan fingerprint density at radius 3 is 2.32 bits per heavy atom. The highest BCUT2D eigenvalue weighted by atomic mass is 35.5. The summed E-state index contributed by atoms with van der Waals surface area (Å²) in [5.41, 5.74) is -1.63. The monoisotopic (exact) mass is 382 g/mol. The molecule has 7 nitrogen and oxygen atoms in total. The van der Waals surface area contributed by atoms with Crippen LogP contribution in [0.1, 0.15) is 0 Å². The summed E-state index contributed by atoms with van der Waals surface area (Å²) in [7, 11) is -4.42. The lowest BCUT2D eigenvalue weighted by atomic mass is 10.3. The number of aromatic nitrogens is 1. The zero-order valence-corrected chi connectivity index (χ0v) is 13.4. The summed E-state index contributed by atoms with van der Waals surface area (Å²) in [5, 5.41) is 10.1. The van der Waals surface area contributed by atoms with E-state index < -0.39 is 36.1 Å². The van der Waals surface area contributed by atoms with Crippen LogP contribution in [0.5, 0.6) is 0 Å². The Bertz CT molecular complexity index is 939. The Labute approximate surface area is 138 Å². The number of halogens is 3. The fourth-order valence-corrected chi connectivity index (χ4v) is 3.64. The largest absolute Gasteiger partial charge is 0.289 e. The quantitative estimate of drug-likeness (QED) is 0.599. The molecule has 0 saturated heterocycles. The van der Waals surface area contributed by atoms with Crippen molar-refractivity contribution >= 4 is 50.5 Å². The molecule has 2 rings (SSSR count). The molecule has 0 unspecified atom stereocenters. The maximum atomic E-state index is 12.4. The fraction of sp³-hybridized carbons (Fsp3) is 0. The first-order valence-electron chi connectivity index (χ1n) is 5.42. The lowest BCUT2D eigenvalue weighted by Crippen LogP contribution is -2.27. The minimum atomic E-state index is -4.42. The predicted octanol–water partition coefficient (Wildman–Crippen LogP) is 2.95. The molecule has 0 spiro atoms. The van der Waals surface area contributed by atoms with Gasteiger partial charge in [0.1, 0.15) is 10.0 Å². The molecule has 0 bridgehead atoms. The minimum Gasteiger partial charge on any atom is -0.267 e. The van der Waals surface area contributed by atoms with Gasteiger partial charge < -0.3 is 0 Å². The second-order valence-electron chi connectivity index (χ2n) is 3.98. The van der Waals surface area contributed by atoms with Gasteiger partial charge in [0.25, 0.3) is 21.3 Å². The SMILES string of the molecule is O=c1c(Cl)cc(Cl)cn1S(=O)(=O)c1ccc(Cl)c([N+](=O)[O-])c1. The molecule has 11 heteroatoms. The molecule has 2 aromatic rings. The number of pyridine rings is 1. The predicted molar refractivity (Wildman–Crippen MR) is 81.4 cm³/mol. The van der Waals surface area contributed by atoms with Crippen LogP contribution < -0.4 is 5.56 Å². The lowest BCUT2D eigenvalue weighted by molar-refractivity contribution is -0.384. The van der Waals surface area contributed by atoms with Crippen molar-refractivity contribution in [2.45, 2.75) is 4.90 Å². The number of hydrogen-bond acceptors (Lipinski definition) is 5. The van der Waals surface area contributed by atoms with E-state index in [0.717, 1.165) is 30.5 Å². The summed E-state index contributed by atoms with van der Waals surface area (Å²) in [6.07, 6.45) is 0.853. The van der Waals surface area contributed by atoms with E-state index in [-0.39, 0.29) is 10.0 Å². The standard InChI is InChI=1S/C11H5Cl3N2O5S/c12-6-3-9(14)11(17)15(5-6)22(20,21)7-1-2-8(13)10(4-7)16(18)19/h1-5H. The third kappa shape index (κ3) is 2.95. The van der Waals surface area contributed by atoms with Crippen LogP contribution in [0.2, 0.25) is 15.1 Å². The first kappa shape index (κ1) is 16.8. The van der Waals surface area contributed by atoms with E-state index in [2.05, 4.69) is 0 Å². The number of rotatable bonds is 3. The van der Waals surface area contributed by atoms with Gasteiger partial charge in [-0.2, -0.15) is 0 Å². The molecule has 1 aromatic heterocycles. The van der Waals surface area contributed by atoms with E-state index >= 15 is 0 Å². The van der Waals surface area contributed by atoms with Crippen LogP contribution in [0, 0.1) is 10.1 Å². The van der Waals surface area contributed by atoms with E-state index in [1.54, 1.807) is 0 Å². The van der Waals surface area contributed by atoms with E-state index in [4.69, 9.17) is 34.8 Å². The van der Waals surface area contributed by atoms with Crippen LogP contribution in [0.3, 0.4) is 0 Å². The van der Waals surface area contributed by atoms with Crippen molar-refractivity contribution in [3.63, 3.8) is 0 Å². The molecule has 0 saturated carbocycles. The molecule has 0 atom stereocenters. The molecule has 22 heavy (non-hydrogen) atoms. The van der Waals surface area contributed by atoms with Crippen LogP contribution in [0.4, 0.5) is 5.69 Å². The van der Waals surface area contributed by atoms with Gasteiger partial charge in [-0.3, -0.25) is 14.9 Å². The van der Waals surface area contributed by atoms with Gasteiger partial charge in [-0.15, -0.1) is 0 Å². The van der Waals surface area contributed by atoms with Crippen molar-refractivity contribution in [3.05, 3.63) is 66.0 Å². The molecule has 0 aliphatic carbocycles. The van der Waals surface area contributed by atoms with E-state index in [0.29, 0.717) is 3.97 Å². The molecule has 116 valence electrons. The number of nitrogens with zero attached hydrogens (tertiary/aromatic N) is 2. The summed E-state index contributed by atoms with van der Waals surface area (Å²) in [4.78, 5) is 21.4. The Morgan fingerprint density at radius 1 is 1.09 bits per heavy atom. The van der Waals surface area contributed by atoms with Gasteiger partial charge in [-0.25, -0.2) is 12.4 Å². The van der Waals surface area contributed by atoms with Gasteiger partial charge in [-0.1, -0.05) is 34.8 Å². The molecule has 0 aliphatic heterocycles. The maximum absolute atomic E-state index is 12.4. The minimum absolute atomic E-state index is 0.0864. The molecule has 1 aromatic carbocycles. The van der Waals surface area contributed by atoms with Crippen molar-refractivity contribution in [2.75, 3.05) is 0 Å². The number of nitro groups is 1. The second kappa shape index (κ2) is 5.88. The van der Waals surface area contributed by atoms with Crippen molar-refractivity contribution in [3.8, 4) is 0 Å². The normalized spacial score (nSPS) is 11.4. The molecule has 0 amide bonds. The van der Waals surface area contributed by atoms with Gasteiger partial charge >= 0.3 is 0 Å². The summed E-state index contributed by atoms with van der Waals surface area (Å²) in [6.45, 7) is 0. The first-order valence-corrected chi connectivity index (χ1v) is 7.99. The van der Waals surface area contributed by atoms with Crippen molar-refractivity contribution in [1.29, 1.82) is 0 Å². The summed E-state index contributed by atoms with van der Waals surface area (Å²) < 4.78 is 25.2. The van der Waals surface area contributed by atoms with Crippen LogP contribution in [0.25, 0.3) is 0 Å². The number of hydrogen-bond donors (Lipinski definition) is 0. The highest BCUT2D eigenvalue weighted by Gasteiger charge is 2.24. The zero-order valence-electron chi connectivity index (χ0n) is 10.4. The van der Waals surface area contributed by atoms with Gasteiger partial charge in [0.15, 0.2) is 0 Å². The highest BCUT2D eigenvalue weighted by molar-refractivity contribution is 7.90. The van der Waals surface area contributed by atoms with Gasteiger partial charge in [-0.05, 0) is 18.2 Å². The molecule has 0 aliphatic rings. The Kier molecular flexibility index (Phi) is 4.48. The highest BCUT2D eigenvalue weighted by Crippen LogP contribution is 2.28. The molecular formula is C11H5Cl3N2O5S. The number of benzene rings is 1. The first-order chi connectivity index (χ1) is 10.1.